The lowest BCUT2D eigenvalue weighted by molar-refractivity contribution is -0.117. The summed E-state index contributed by atoms with van der Waals surface area (Å²) in [7, 11) is 1.40. The van der Waals surface area contributed by atoms with Crippen molar-refractivity contribution < 1.29 is 37.4 Å². The van der Waals surface area contributed by atoms with E-state index in [0.717, 1.165) is 42.6 Å². The summed E-state index contributed by atoms with van der Waals surface area (Å²) >= 11 is 0. The van der Waals surface area contributed by atoms with Crippen LogP contribution in [0.3, 0.4) is 0 Å². The number of rotatable bonds is 8. The fraction of sp³-hybridized carbons (Fsp3) is 0.190. The number of benzene rings is 1. The van der Waals surface area contributed by atoms with Gasteiger partial charge in [0.2, 0.25) is 0 Å². The number of allylic oxidation sites excluding steroid dienone is 5. The van der Waals surface area contributed by atoms with Gasteiger partial charge in [0.1, 0.15) is 23.9 Å². The highest BCUT2D eigenvalue weighted by Gasteiger charge is 2.33. The smallest absolute Gasteiger partial charge is 0.412 e. The number of phenols is 1. The minimum atomic E-state index is -4.62. The molecule has 1 amide bonds. The van der Waals surface area contributed by atoms with Crippen LogP contribution in [0, 0.1) is 5.82 Å². The zero-order valence-corrected chi connectivity index (χ0v) is 16.9. The standard InChI is InChI=1S/C21H21F4N3O4/c1-3-16(11-28(31)26-2)27-20(30)17-7-4-14(21(23,24)25)5-9-19(17)32-12-13-10-15(22)6-8-18(13)29/h3-4,6-11,26,29,31H,1,5,12H2,2H3,(H,27,30)/b16-11+. The lowest BCUT2D eigenvalue weighted by atomic mass is 10.1. The van der Waals surface area contributed by atoms with Gasteiger partial charge in [0.05, 0.1) is 17.5 Å². The Balaban J connectivity index is 2.34. The highest BCUT2D eigenvalue weighted by atomic mass is 19.4. The second kappa shape index (κ2) is 10.6. The molecule has 0 saturated heterocycles. The van der Waals surface area contributed by atoms with Crippen molar-refractivity contribution in [3.8, 4) is 5.75 Å². The van der Waals surface area contributed by atoms with Crippen LogP contribution in [0.25, 0.3) is 0 Å². The number of hydrogen-bond acceptors (Lipinski definition) is 6. The molecule has 172 valence electrons. The Morgan fingerprint density at radius 2 is 2.06 bits per heavy atom. The van der Waals surface area contributed by atoms with E-state index in [-0.39, 0.29) is 28.3 Å². The van der Waals surface area contributed by atoms with Gasteiger partial charge in [-0.2, -0.15) is 18.3 Å². The Morgan fingerprint density at radius 3 is 2.69 bits per heavy atom. The average Bonchev–Trinajstić information content (AvgIpc) is 2.96. The Bertz CT molecular complexity index is 997. The number of aromatic hydroxyl groups is 1. The molecule has 1 aliphatic rings. The third-order valence-electron chi connectivity index (χ3n) is 4.23. The van der Waals surface area contributed by atoms with Gasteiger partial charge in [-0.15, -0.1) is 0 Å². The number of carbonyl (C=O) groups is 1. The van der Waals surface area contributed by atoms with Gasteiger partial charge in [-0.05, 0) is 42.8 Å². The molecule has 0 radical (unpaired) electrons. The fourth-order valence-electron chi connectivity index (χ4n) is 2.54. The van der Waals surface area contributed by atoms with Crippen LogP contribution in [0.5, 0.6) is 5.75 Å². The van der Waals surface area contributed by atoms with Gasteiger partial charge in [-0.25, -0.2) is 9.82 Å². The van der Waals surface area contributed by atoms with Crippen LogP contribution in [0.1, 0.15) is 12.0 Å². The van der Waals surface area contributed by atoms with E-state index in [1.807, 2.05) is 0 Å². The van der Waals surface area contributed by atoms with Crippen LogP contribution < -0.4 is 10.7 Å². The van der Waals surface area contributed by atoms with Crippen LogP contribution in [-0.4, -0.2) is 34.6 Å². The van der Waals surface area contributed by atoms with Gasteiger partial charge in [0.25, 0.3) is 5.91 Å². The average molecular weight is 455 g/mol. The molecule has 0 fully saturated rings. The first-order valence-corrected chi connectivity index (χ1v) is 9.15. The van der Waals surface area contributed by atoms with E-state index >= 15 is 0 Å². The zero-order chi connectivity index (χ0) is 23.9. The van der Waals surface area contributed by atoms with Crippen molar-refractivity contribution in [2.45, 2.75) is 19.2 Å². The molecule has 1 aromatic carbocycles. The molecule has 11 heteroatoms. The third kappa shape index (κ3) is 6.72. The largest absolute Gasteiger partial charge is 0.508 e. The molecule has 0 saturated carbocycles. The number of hydrogen-bond donors (Lipinski definition) is 4. The molecule has 2 rings (SSSR count). The number of ether oxygens (including phenoxy) is 1. The molecule has 1 aliphatic carbocycles. The number of nitrogens with zero attached hydrogens (tertiary/aromatic N) is 1. The monoisotopic (exact) mass is 455 g/mol. The summed E-state index contributed by atoms with van der Waals surface area (Å²) in [6, 6.07) is 3.13. The van der Waals surface area contributed by atoms with Gasteiger partial charge < -0.3 is 15.2 Å². The van der Waals surface area contributed by atoms with Crippen LogP contribution >= 0.6 is 0 Å². The molecular weight excluding hydrogens is 434 g/mol. The number of hydrazine groups is 1. The molecular formula is C21H21F4N3O4. The molecule has 4 N–H and O–H groups in total. The van der Waals surface area contributed by atoms with E-state index < -0.39 is 36.5 Å². The lowest BCUT2D eigenvalue weighted by Crippen LogP contribution is -2.30. The summed E-state index contributed by atoms with van der Waals surface area (Å²) in [5, 5.41) is 22.2. The van der Waals surface area contributed by atoms with Gasteiger partial charge in [0, 0.05) is 18.2 Å². The summed E-state index contributed by atoms with van der Waals surface area (Å²) < 4.78 is 58.4. The molecule has 0 bridgehead atoms. The van der Waals surface area contributed by atoms with Gasteiger partial charge in [-0.3, -0.25) is 10.0 Å². The van der Waals surface area contributed by atoms with E-state index in [0.29, 0.717) is 5.17 Å². The number of phenolic OH excluding ortho intramolecular Hbond substituents is 1. The van der Waals surface area contributed by atoms with Crippen LogP contribution in [-0.2, 0) is 16.1 Å². The van der Waals surface area contributed by atoms with E-state index in [1.165, 1.54) is 13.1 Å². The van der Waals surface area contributed by atoms with Crippen molar-refractivity contribution in [2.24, 2.45) is 0 Å². The van der Waals surface area contributed by atoms with Crippen molar-refractivity contribution in [3.05, 3.63) is 89.3 Å². The van der Waals surface area contributed by atoms with Gasteiger partial charge in [-0.1, -0.05) is 12.7 Å². The lowest BCUT2D eigenvalue weighted by Gasteiger charge is -2.16. The summed E-state index contributed by atoms with van der Waals surface area (Å²) in [6.45, 7) is 3.08. The van der Waals surface area contributed by atoms with Crippen molar-refractivity contribution >= 4 is 5.91 Å². The molecule has 1 aromatic rings. The van der Waals surface area contributed by atoms with E-state index in [1.54, 1.807) is 0 Å². The number of amides is 1. The molecule has 0 aliphatic heterocycles. The van der Waals surface area contributed by atoms with Crippen LogP contribution in [0.15, 0.2) is 77.9 Å². The van der Waals surface area contributed by atoms with Crippen LogP contribution in [0.4, 0.5) is 17.6 Å². The molecule has 0 spiro atoms. The zero-order valence-electron chi connectivity index (χ0n) is 16.9. The maximum Gasteiger partial charge on any atom is 0.412 e. The first kappa shape index (κ1) is 24.7. The molecule has 32 heavy (non-hydrogen) atoms. The maximum absolute atomic E-state index is 13.4. The molecule has 0 atom stereocenters. The van der Waals surface area contributed by atoms with E-state index in [9.17, 15) is 32.7 Å². The molecule has 0 unspecified atom stereocenters. The van der Waals surface area contributed by atoms with E-state index in [2.05, 4.69) is 17.3 Å². The summed E-state index contributed by atoms with van der Waals surface area (Å²) in [5.74, 6) is -1.99. The summed E-state index contributed by atoms with van der Waals surface area (Å²) in [6.07, 6.45) is -0.174. The summed E-state index contributed by atoms with van der Waals surface area (Å²) in [5.41, 5.74) is 1.24. The predicted octanol–water partition coefficient (Wildman–Crippen LogP) is 3.72. The van der Waals surface area contributed by atoms with Crippen molar-refractivity contribution in [1.29, 1.82) is 0 Å². The second-order valence-electron chi connectivity index (χ2n) is 6.42. The number of halogens is 4. The minimum Gasteiger partial charge on any atom is -0.508 e. The normalized spacial score (nSPS) is 14.6. The quantitative estimate of drug-likeness (QED) is 0.271. The van der Waals surface area contributed by atoms with Crippen molar-refractivity contribution in [2.75, 3.05) is 7.05 Å². The Labute approximate surface area is 181 Å². The Hall–Kier alpha value is -3.57. The first-order chi connectivity index (χ1) is 15.0. The minimum absolute atomic E-state index is 0.0270. The topological polar surface area (TPSA) is 94.1 Å². The summed E-state index contributed by atoms with van der Waals surface area (Å²) in [4.78, 5) is 12.8. The maximum atomic E-state index is 13.4. The van der Waals surface area contributed by atoms with Gasteiger partial charge in [0.15, 0.2) is 0 Å². The molecule has 0 aromatic heterocycles. The number of alkyl halides is 3. The van der Waals surface area contributed by atoms with Crippen molar-refractivity contribution in [1.82, 2.24) is 15.9 Å². The SMILES string of the molecule is C=C/C(=C\N(O)NC)NC(=O)C1=CC=C(C(F)(F)F)CC=C1OCc1cc(F)ccc1O. The predicted molar refractivity (Wildman–Crippen MR) is 107 cm³/mol. The first-order valence-electron chi connectivity index (χ1n) is 9.15. The Kier molecular flexibility index (Phi) is 8.21. The number of carbonyl (C=O) groups excluding carboxylic acids is 1. The van der Waals surface area contributed by atoms with Gasteiger partial charge >= 0.3 is 6.18 Å². The highest BCUT2D eigenvalue weighted by Crippen LogP contribution is 2.32. The fourth-order valence-corrected chi connectivity index (χ4v) is 2.54. The number of nitrogens with one attached hydrogen (secondary N) is 2. The van der Waals surface area contributed by atoms with E-state index in [4.69, 9.17) is 4.74 Å². The Morgan fingerprint density at radius 1 is 1.34 bits per heavy atom. The highest BCUT2D eigenvalue weighted by molar-refractivity contribution is 5.98. The third-order valence-corrected chi connectivity index (χ3v) is 4.23. The van der Waals surface area contributed by atoms with Crippen molar-refractivity contribution in [3.63, 3.8) is 0 Å². The second-order valence-corrected chi connectivity index (χ2v) is 6.42. The van der Waals surface area contributed by atoms with Crippen LogP contribution in [0.2, 0.25) is 0 Å². The number of hydroxylamine groups is 1. The molecule has 0 heterocycles. The molecule has 7 nitrogen and oxygen atoms in total.